The molecule has 0 spiro atoms. The number of benzene rings is 1. The number of likely N-dealkylation sites (N-methyl/N-ethyl adjacent to an activating group) is 1. The monoisotopic (exact) mass is 600 g/mol. The van der Waals surface area contributed by atoms with E-state index in [-0.39, 0.29) is 29.1 Å². The van der Waals surface area contributed by atoms with Crippen LogP contribution in [0.2, 0.25) is 10.0 Å². The van der Waals surface area contributed by atoms with Crippen LogP contribution in [0.4, 0.5) is 5.82 Å². The zero-order valence-electron chi connectivity index (χ0n) is 22.6. The number of anilines is 1. The van der Waals surface area contributed by atoms with E-state index in [1.807, 2.05) is 18.0 Å². The summed E-state index contributed by atoms with van der Waals surface area (Å²) in [5.74, 6) is 1.21. The molecule has 1 unspecified atom stereocenters. The molecule has 2 saturated heterocycles. The molecule has 14 heteroatoms. The number of halogens is 2. The molecule has 5 heterocycles. The van der Waals surface area contributed by atoms with Crippen molar-refractivity contribution in [2.75, 3.05) is 58.3 Å². The lowest BCUT2D eigenvalue weighted by Crippen LogP contribution is -2.50. The molecule has 0 bridgehead atoms. The fraction of sp³-hybridized carbons (Fsp3) is 0.407. The molecule has 3 atom stereocenters. The summed E-state index contributed by atoms with van der Waals surface area (Å²) in [5, 5.41) is 19.2. The van der Waals surface area contributed by atoms with E-state index >= 15 is 0 Å². The molecule has 12 nitrogen and oxygen atoms in total. The van der Waals surface area contributed by atoms with Gasteiger partial charge in [-0.15, -0.1) is 0 Å². The first-order valence-electron chi connectivity index (χ1n) is 13.2. The Morgan fingerprint density at radius 1 is 1.15 bits per heavy atom. The second-order valence-corrected chi connectivity index (χ2v) is 10.9. The third-order valence-electron chi connectivity index (χ3n) is 7.49. The molecule has 3 aromatic heterocycles. The Kier molecular flexibility index (Phi) is 7.86. The Hall–Kier alpha value is -3.26. The van der Waals surface area contributed by atoms with Crippen LogP contribution >= 0.6 is 23.2 Å². The first kappa shape index (κ1) is 27.9. The Bertz CT molecular complexity index is 1580. The smallest absolute Gasteiger partial charge is 0.319 e. The molecule has 0 amide bonds. The minimum Gasteiger partial charge on any atom is -0.456 e. The zero-order chi connectivity index (χ0) is 28.7. The number of aliphatic hydroxyl groups is 1. The highest BCUT2D eigenvalue weighted by Gasteiger charge is 2.34. The van der Waals surface area contributed by atoms with E-state index in [2.05, 4.69) is 31.6 Å². The van der Waals surface area contributed by atoms with Crippen molar-refractivity contribution in [3.05, 3.63) is 47.2 Å². The Morgan fingerprint density at radius 2 is 1.93 bits per heavy atom. The van der Waals surface area contributed by atoms with E-state index in [1.165, 1.54) is 6.08 Å². The standard InChI is InChI=1S/C27H30Cl2N8O4/c1-4-21(38)36-7-9-37(10-8-36)25-15-5-6-30-26(41-24-16-12-31-34-18(16)11-17(28)22(24)29)23(15)32-27(33-25)40-20-14-35(2)13-19(20)39-3/h4-6,11-12,19-21,38H,1,7-10,13-14H2,2-3H3,(H,31,34)/t19-,20-,21?/m1/s1. The molecule has 2 aliphatic rings. The van der Waals surface area contributed by atoms with Gasteiger partial charge >= 0.3 is 6.01 Å². The van der Waals surface area contributed by atoms with Crippen LogP contribution in [-0.4, -0.2) is 112 Å². The van der Waals surface area contributed by atoms with Gasteiger partial charge in [-0.2, -0.15) is 15.1 Å². The van der Waals surface area contributed by atoms with Crippen molar-refractivity contribution in [2.45, 2.75) is 18.4 Å². The Morgan fingerprint density at radius 3 is 2.68 bits per heavy atom. The molecule has 1 aromatic carbocycles. The molecule has 2 N–H and O–H groups in total. The first-order valence-corrected chi connectivity index (χ1v) is 13.9. The number of methoxy groups -OCH3 is 1. The van der Waals surface area contributed by atoms with Crippen LogP contribution in [0.25, 0.3) is 21.8 Å². The number of hydrogen-bond donors (Lipinski definition) is 2. The number of nitrogens with zero attached hydrogens (tertiary/aromatic N) is 7. The molecule has 216 valence electrons. The van der Waals surface area contributed by atoms with Crippen molar-refractivity contribution in [1.82, 2.24) is 34.9 Å². The maximum Gasteiger partial charge on any atom is 0.319 e. The van der Waals surface area contributed by atoms with Gasteiger partial charge in [0, 0.05) is 52.6 Å². The number of pyridine rings is 1. The van der Waals surface area contributed by atoms with Crippen molar-refractivity contribution >= 4 is 50.8 Å². The number of hydrogen-bond acceptors (Lipinski definition) is 11. The molecule has 2 fully saturated rings. The van der Waals surface area contributed by atoms with Gasteiger partial charge in [0.25, 0.3) is 0 Å². The predicted octanol–water partition coefficient (Wildman–Crippen LogP) is 3.33. The summed E-state index contributed by atoms with van der Waals surface area (Å²) >= 11 is 13.0. The van der Waals surface area contributed by atoms with Crippen LogP contribution in [0.1, 0.15) is 0 Å². The molecule has 6 rings (SSSR count). The molecule has 41 heavy (non-hydrogen) atoms. The highest BCUT2D eigenvalue weighted by Crippen LogP contribution is 2.42. The summed E-state index contributed by atoms with van der Waals surface area (Å²) in [6, 6.07) is 3.72. The van der Waals surface area contributed by atoms with Gasteiger partial charge in [0.15, 0.2) is 5.75 Å². The molecule has 0 saturated carbocycles. The topological polar surface area (TPSA) is 125 Å². The highest BCUT2D eigenvalue weighted by molar-refractivity contribution is 6.44. The largest absolute Gasteiger partial charge is 0.456 e. The predicted molar refractivity (Wildman–Crippen MR) is 156 cm³/mol. The van der Waals surface area contributed by atoms with Crippen LogP contribution in [0, 0.1) is 0 Å². The summed E-state index contributed by atoms with van der Waals surface area (Å²) in [5.41, 5.74) is 1.12. The molecule has 4 aromatic rings. The van der Waals surface area contributed by atoms with Gasteiger partial charge < -0.3 is 24.2 Å². The number of aliphatic hydroxyl groups excluding tert-OH is 1. The van der Waals surface area contributed by atoms with E-state index in [4.69, 9.17) is 47.4 Å². The van der Waals surface area contributed by atoms with Crippen molar-refractivity contribution in [2.24, 2.45) is 0 Å². The fourth-order valence-corrected chi connectivity index (χ4v) is 5.70. The number of aromatic amines is 1. The number of aromatic nitrogens is 5. The van der Waals surface area contributed by atoms with Gasteiger partial charge in [-0.1, -0.05) is 29.8 Å². The van der Waals surface area contributed by atoms with Crippen molar-refractivity contribution < 1.29 is 19.3 Å². The minimum absolute atomic E-state index is 0.129. The lowest BCUT2D eigenvalue weighted by Gasteiger charge is -2.37. The van der Waals surface area contributed by atoms with E-state index in [0.717, 1.165) is 11.9 Å². The third kappa shape index (κ3) is 5.39. The van der Waals surface area contributed by atoms with Gasteiger partial charge in [-0.05, 0) is 25.3 Å². The second kappa shape index (κ2) is 11.6. The normalized spacial score (nSPS) is 21.0. The zero-order valence-corrected chi connectivity index (χ0v) is 24.1. The molecule has 2 aliphatic heterocycles. The Balaban J connectivity index is 1.43. The first-order chi connectivity index (χ1) is 19.9. The fourth-order valence-electron chi connectivity index (χ4n) is 5.31. The van der Waals surface area contributed by atoms with Gasteiger partial charge in [0.05, 0.1) is 27.5 Å². The summed E-state index contributed by atoms with van der Waals surface area (Å²) in [4.78, 5) is 20.4. The average molecular weight is 601 g/mol. The van der Waals surface area contributed by atoms with E-state index in [9.17, 15) is 5.11 Å². The SMILES string of the molecule is C=CC(O)N1CCN(c2nc(O[C@@H]3CN(C)C[C@H]3OC)nc3c(Oc4c(Cl)c(Cl)cc5[nH]ncc45)nccc23)CC1. The Labute approximate surface area is 246 Å². The third-order valence-corrected chi connectivity index (χ3v) is 8.26. The van der Waals surface area contributed by atoms with Crippen LogP contribution in [0.15, 0.2) is 37.2 Å². The summed E-state index contributed by atoms with van der Waals surface area (Å²) in [7, 11) is 3.69. The lowest BCUT2D eigenvalue weighted by atomic mass is 10.2. The number of ether oxygens (including phenoxy) is 3. The lowest BCUT2D eigenvalue weighted by molar-refractivity contribution is 0.0299. The average Bonchev–Trinajstić information content (AvgIpc) is 3.60. The summed E-state index contributed by atoms with van der Waals surface area (Å²) < 4.78 is 18.3. The number of likely N-dealkylation sites (tertiary alicyclic amines) is 1. The van der Waals surface area contributed by atoms with Gasteiger partial charge in [-0.3, -0.25) is 14.9 Å². The van der Waals surface area contributed by atoms with Crippen molar-refractivity contribution in [3.8, 4) is 17.6 Å². The number of piperazine rings is 1. The van der Waals surface area contributed by atoms with Crippen LogP contribution in [0.5, 0.6) is 17.6 Å². The van der Waals surface area contributed by atoms with Gasteiger partial charge in [-0.25, -0.2) is 4.98 Å². The number of fused-ring (bicyclic) bond motifs is 2. The van der Waals surface area contributed by atoms with Crippen LogP contribution < -0.4 is 14.4 Å². The molecular weight excluding hydrogens is 571 g/mol. The van der Waals surface area contributed by atoms with Crippen molar-refractivity contribution in [3.63, 3.8) is 0 Å². The van der Waals surface area contributed by atoms with Gasteiger partial charge in [0.1, 0.15) is 34.8 Å². The number of rotatable bonds is 8. The second-order valence-electron chi connectivity index (χ2n) is 10.1. The summed E-state index contributed by atoms with van der Waals surface area (Å²) in [6.45, 7) is 7.60. The quantitative estimate of drug-likeness (QED) is 0.289. The number of nitrogens with one attached hydrogen (secondary N) is 1. The molecule has 0 radical (unpaired) electrons. The summed E-state index contributed by atoms with van der Waals surface area (Å²) in [6.07, 6.45) is 3.70. The number of H-pyrrole nitrogens is 1. The van der Waals surface area contributed by atoms with Crippen LogP contribution in [-0.2, 0) is 4.74 Å². The van der Waals surface area contributed by atoms with Gasteiger partial charge in [0.2, 0.25) is 5.88 Å². The van der Waals surface area contributed by atoms with E-state index in [1.54, 1.807) is 25.6 Å². The highest BCUT2D eigenvalue weighted by atomic mass is 35.5. The van der Waals surface area contributed by atoms with E-state index < -0.39 is 6.23 Å². The van der Waals surface area contributed by atoms with E-state index in [0.29, 0.717) is 65.7 Å². The van der Waals surface area contributed by atoms with Crippen LogP contribution in [0.3, 0.4) is 0 Å². The molecule has 0 aliphatic carbocycles. The molecular formula is C27H30Cl2N8O4. The maximum absolute atomic E-state index is 10.2. The minimum atomic E-state index is -0.699. The van der Waals surface area contributed by atoms with Crippen molar-refractivity contribution in [1.29, 1.82) is 0 Å². The maximum atomic E-state index is 10.2.